The van der Waals surface area contributed by atoms with Gasteiger partial charge in [-0.25, -0.2) is 8.91 Å². The van der Waals surface area contributed by atoms with Crippen LogP contribution in [-0.4, -0.2) is 30.8 Å². The quantitative estimate of drug-likeness (QED) is 0.403. The molecule has 0 saturated heterocycles. The van der Waals surface area contributed by atoms with E-state index in [2.05, 4.69) is 15.6 Å². The van der Waals surface area contributed by atoms with E-state index in [1.54, 1.807) is 6.07 Å². The SMILES string of the molecule is Cc1ccc2c(c1)n(C(C(=O)NC(C)(C)C)c1cccc(F)c1)c(=O)c1c(-c3ccccc3)nnn12. The number of benzene rings is 3. The lowest BCUT2D eigenvalue weighted by Gasteiger charge is -2.27. The second-order valence-corrected chi connectivity index (χ2v) is 9.93. The molecule has 1 unspecified atom stereocenters. The van der Waals surface area contributed by atoms with Crippen LogP contribution in [0.3, 0.4) is 0 Å². The summed E-state index contributed by atoms with van der Waals surface area (Å²) >= 11 is 0. The smallest absolute Gasteiger partial charge is 0.280 e. The molecule has 1 N–H and O–H groups in total. The Kier molecular flexibility index (Phi) is 5.67. The fourth-order valence-electron chi connectivity index (χ4n) is 4.45. The first kappa shape index (κ1) is 23.4. The van der Waals surface area contributed by atoms with Gasteiger partial charge in [-0.15, -0.1) is 5.10 Å². The van der Waals surface area contributed by atoms with Crippen molar-refractivity contribution in [1.82, 2.24) is 24.7 Å². The van der Waals surface area contributed by atoms with Gasteiger partial charge in [0.2, 0.25) is 5.91 Å². The van der Waals surface area contributed by atoms with Crippen molar-refractivity contribution in [1.29, 1.82) is 0 Å². The first-order valence-electron chi connectivity index (χ1n) is 11.7. The van der Waals surface area contributed by atoms with E-state index in [1.807, 2.05) is 76.2 Å². The van der Waals surface area contributed by atoms with Gasteiger partial charge in [0, 0.05) is 11.1 Å². The Morgan fingerprint density at radius 3 is 2.42 bits per heavy atom. The second-order valence-electron chi connectivity index (χ2n) is 9.93. The lowest BCUT2D eigenvalue weighted by atomic mass is 10.0. The Morgan fingerprint density at radius 2 is 1.72 bits per heavy atom. The molecule has 182 valence electrons. The fraction of sp³-hybridized carbons (Fsp3) is 0.214. The van der Waals surface area contributed by atoms with Gasteiger partial charge in [-0.3, -0.25) is 14.2 Å². The number of amides is 1. The highest BCUT2D eigenvalue weighted by Crippen LogP contribution is 2.28. The van der Waals surface area contributed by atoms with Gasteiger partial charge in [0.15, 0.2) is 5.52 Å². The van der Waals surface area contributed by atoms with E-state index >= 15 is 0 Å². The van der Waals surface area contributed by atoms with Crippen LogP contribution in [0.4, 0.5) is 4.39 Å². The molecule has 0 spiro atoms. The molecule has 2 heterocycles. The van der Waals surface area contributed by atoms with Gasteiger partial charge in [0.05, 0.1) is 11.0 Å². The Bertz CT molecular complexity index is 1670. The summed E-state index contributed by atoms with van der Waals surface area (Å²) in [4.78, 5) is 28.0. The summed E-state index contributed by atoms with van der Waals surface area (Å²) < 4.78 is 17.3. The van der Waals surface area contributed by atoms with Crippen molar-refractivity contribution >= 4 is 22.5 Å². The largest absolute Gasteiger partial charge is 0.349 e. The summed E-state index contributed by atoms with van der Waals surface area (Å²) in [6.45, 7) is 7.48. The number of hydrogen-bond acceptors (Lipinski definition) is 4. The number of fused-ring (bicyclic) bond motifs is 3. The molecule has 0 aliphatic rings. The maximum Gasteiger partial charge on any atom is 0.280 e. The highest BCUT2D eigenvalue weighted by molar-refractivity contribution is 5.89. The van der Waals surface area contributed by atoms with E-state index in [9.17, 15) is 14.0 Å². The molecule has 5 rings (SSSR count). The topological polar surface area (TPSA) is 81.3 Å². The summed E-state index contributed by atoms with van der Waals surface area (Å²) in [5.74, 6) is -0.914. The number of aryl methyl sites for hydroxylation is 1. The molecule has 0 saturated carbocycles. The normalized spacial score (nSPS) is 12.7. The molecular weight excluding hydrogens is 457 g/mol. The summed E-state index contributed by atoms with van der Waals surface area (Å²) in [7, 11) is 0. The van der Waals surface area contributed by atoms with Crippen LogP contribution in [0.2, 0.25) is 0 Å². The number of halogens is 1. The minimum Gasteiger partial charge on any atom is -0.349 e. The highest BCUT2D eigenvalue weighted by Gasteiger charge is 2.31. The molecule has 7 nitrogen and oxygen atoms in total. The van der Waals surface area contributed by atoms with Crippen LogP contribution >= 0.6 is 0 Å². The monoisotopic (exact) mass is 483 g/mol. The van der Waals surface area contributed by atoms with Crippen LogP contribution in [0.15, 0.2) is 77.6 Å². The minimum absolute atomic E-state index is 0.238. The van der Waals surface area contributed by atoms with Gasteiger partial charge < -0.3 is 5.32 Å². The van der Waals surface area contributed by atoms with Gasteiger partial charge >= 0.3 is 0 Å². The van der Waals surface area contributed by atoms with Crippen LogP contribution in [0.1, 0.15) is 37.9 Å². The Hall–Kier alpha value is -4.33. The average Bonchev–Trinajstić information content (AvgIpc) is 3.26. The molecule has 0 aliphatic carbocycles. The summed E-state index contributed by atoms with van der Waals surface area (Å²) in [6.07, 6.45) is 0. The Morgan fingerprint density at radius 1 is 0.972 bits per heavy atom. The zero-order chi connectivity index (χ0) is 25.6. The third-order valence-electron chi connectivity index (χ3n) is 5.93. The summed E-state index contributed by atoms with van der Waals surface area (Å²) in [5.41, 5.74) is 2.71. The van der Waals surface area contributed by atoms with Crippen molar-refractivity contribution < 1.29 is 9.18 Å². The van der Waals surface area contributed by atoms with E-state index in [1.165, 1.54) is 27.3 Å². The average molecular weight is 484 g/mol. The minimum atomic E-state index is -1.12. The van der Waals surface area contributed by atoms with Crippen LogP contribution < -0.4 is 10.9 Å². The molecule has 0 radical (unpaired) electrons. The van der Waals surface area contributed by atoms with Gasteiger partial charge in [-0.05, 0) is 63.1 Å². The third kappa shape index (κ3) is 4.15. The molecule has 1 amide bonds. The van der Waals surface area contributed by atoms with Crippen molar-refractivity contribution in [2.24, 2.45) is 0 Å². The molecule has 3 aromatic carbocycles. The van der Waals surface area contributed by atoms with Crippen molar-refractivity contribution in [2.75, 3.05) is 0 Å². The first-order valence-corrected chi connectivity index (χ1v) is 11.7. The number of carbonyl (C=O) groups is 1. The predicted octanol–water partition coefficient (Wildman–Crippen LogP) is 4.66. The zero-order valence-electron chi connectivity index (χ0n) is 20.5. The molecule has 0 fully saturated rings. The van der Waals surface area contributed by atoms with E-state index in [4.69, 9.17) is 0 Å². The second kappa shape index (κ2) is 8.71. The van der Waals surface area contributed by atoms with Crippen LogP contribution in [0.5, 0.6) is 0 Å². The van der Waals surface area contributed by atoms with E-state index < -0.39 is 28.9 Å². The zero-order valence-corrected chi connectivity index (χ0v) is 20.5. The standard InChI is InChI=1S/C28H26FN5O2/c1-17-13-14-21-22(15-17)33(24(26(35)30-28(2,3)4)19-11-8-12-20(29)16-19)27(36)25-23(31-32-34(21)25)18-9-6-5-7-10-18/h5-16,24H,1-4H3,(H,30,35). The maximum atomic E-state index is 14.4. The van der Waals surface area contributed by atoms with Gasteiger partial charge in [0.1, 0.15) is 17.6 Å². The van der Waals surface area contributed by atoms with Crippen LogP contribution in [0.25, 0.3) is 27.8 Å². The molecule has 36 heavy (non-hydrogen) atoms. The Balaban J connectivity index is 1.91. The molecule has 0 aliphatic heterocycles. The van der Waals surface area contributed by atoms with Gasteiger partial charge in [-0.1, -0.05) is 53.7 Å². The number of hydrogen-bond donors (Lipinski definition) is 1. The number of carbonyl (C=O) groups excluding carboxylic acids is 1. The maximum absolute atomic E-state index is 14.4. The predicted molar refractivity (Wildman–Crippen MR) is 137 cm³/mol. The lowest BCUT2D eigenvalue weighted by Crippen LogP contribution is -2.46. The van der Waals surface area contributed by atoms with E-state index in [0.29, 0.717) is 22.3 Å². The van der Waals surface area contributed by atoms with E-state index in [0.717, 1.165) is 11.1 Å². The molecular formula is C28H26FN5O2. The molecule has 8 heteroatoms. The first-order chi connectivity index (χ1) is 17.1. The molecule has 2 aromatic heterocycles. The molecule has 5 aromatic rings. The highest BCUT2D eigenvalue weighted by atomic mass is 19.1. The van der Waals surface area contributed by atoms with Crippen molar-refractivity contribution in [3.8, 4) is 11.3 Å². The molecule has 0 bridgehead atoms. The van der Waals surface area contributed by atoms with Crippen LogP contribution in [-0.2, 0) is 4.79 Å². The van der Waals surface area contributed by atoms with Crippen molar-refractivity contribution in [2.45, 2.75) is 39.3 Å². The number of rotatable bonds is 4. The number of aromatic nitrogens is 4. The lowest BCUT2D eigenvalue weighted by molar-refractivity contribution is -0.124. The number of nitrogens with zero attached hydrogens (tertiary/aromatic N) is 4. The van der Waals surface area contributed by atoms with E-state index in [-0.39, 0.29) is 5.52 Å². The van der Waals surface area contributed by atoms with Gasteiger partial charge in [0.25, 0.3) is 5.56 Å². The third-order valence-corrected chi connectivity index (χ3v) is 5.93. The van der Waals surface area contributed by atoms with Crippen molar-refractivity contribution in [3.05, 3.63) is 100 Å². The summed E-state index contributed by atoms with van der Waals surface area (Å²) in [6, 6.07) is 19.5. The number of nitrogens with one attached hydrogen (secondary N) is 1. The molecule has 1 atom stereocenters. The van der Waals surface area contributed by atoms with Crippen molar-refractivity contribution in [3.63, 3.8) is 0 Å². The fourth-order valence-corrected chi connectivity index (χ4v) is 4.45. The summed E-state index contributed by atoms with van der Waals surface area (Å²) in [5, 5.41) is 11.6. The Labute approximate surface area is 207 Å². The van der Waals surface area contributed by atoms with Crippen LogP contribution in [0, 0.1) is 12.7 Å². The van der Waals surface area contributed by atoms with Gasteiger partial charge in [-0.2, -0.15) is 0 Å².